The molecule has 2 N–H and O–H groups in total. The van der Waals surface area contributed by atoms with E-state index in [1.165, 1.54) is 38.5 Å². The maximum Gasteiger partial charge on any atom is 0.306 e. The van der Waals surface area contributed by atoms with Gasteiger partial charge in [0.1, 0.15) is 0 Å². The molecule has 0 saturated carbocycles. The summed E-state index contributed by atoms with van der Waals surface area (Å²) in [4.78, 5) is 20.9. The number of hydrogen-bond acceptors (Lipinski definition) is 2. The predicted molar refractivity (Wildman–Crippen MR) is 100 cm³/mol. The number of aliphatic carboxylic acids is 2. The molecule has 0 heterocycles. The maximum absolute atomic E-state index is 10.9. The standard InChI is InChI=1S/C12H24O2.C8H16O2/c1-3-5-7-8-10-11(12(13)14)9-6-4-2;1-2-3-4-5-6-7-8(9)10/h11H,3-10H2,1-2H3,(H,13,14);2-7H2,1H3,(H,9,10). The van der Waals surface area contributed by atoms with E-state index < -0.39 is 11.9 Å². The van der Waals surface area contributed by atoms with Crippen LogP contribution in [0.1, 0.15) is 111 Å². The minimum Gasteiger partial charge on any atom is -0.481 e. The lowest BCUT2D eigenvalue weighted by Crippen LogP contribution is -2.13. The van der Waals surface area contributed by atoms with Crippen molar-refractivity contribution in [3.63, 3.8) is 0 Å². The zero-order chi connectivity index (χ0) is 18.6. The minimum atomic E-state index is -0.670. The first-order valence-electron chi connectivity index (χ1n) is 9.94. The lowest BCUT2D eigenvalue weighted by atomic mass is 9.95. The Balaban J connectivity index is 0. The third-order valence-electron chi connectivity index (χ3n) is 4.16. The van der Waals surface area contributed by atoms with E-state index in [1.54, 1.807) is 0 Å². The summed E-state index contributed by atoms with van der Waals surface area (Å²) in [6, 6.07) is 0. The van der Waals surface area contributed by atoms with E-state index in [9.17, 15) is 9.59 Å². The molecule has 4 nitrogen and oxygen atoms in total. The summed E-state index contributed by atoms with van der Waals surface area (Å²) in [7, 11) is 0. The summed E-state index contributed by atoms with van der Waals surface area (Å²) in [6.07, 6.45) is 14.5. The number of carboxylic acids is 2. The van der Waals surface area contributed by atoms with Gasteiger partial charge in [-0.1, -0.05) is 85.0 Å². The van der Waals surface area contributed by atoms with E-state index in [1.807, 2.05) is 0 Å². The van der Waals surface area contributed by atoms with Crippen molar-refractivity contribution in [2.45, 2.75) is 111 Å². The Morgan fingerprint density at radius 1 is 0.667 bits per heavy atom. The van der Waals surface area contributed by atoms with Crippen molar-refractivity contribution < 1.29 is 19.8 Å². The molecule has 144 valence electrons. The zero-order valence-corrected chi connectivity index (χ0v) is 16.2. The minimum absolute atomic E-state index is 0.0909. The number of carboxylic acid groups (broad SMARTS) is 2. The fourth-order valence-corrected chi connectivity index (χ4v) is 2.54. The van der Waals surface area contributed by atoms with Crippen LogP contribution >= 0.6 is 0 Å². The van der Waals surface area contributed by atoms with Gasteiger partial charge in [0.25, 0.3) is 0 Å². The Labute approximate surface area is 149 Å². The average Bonchev–Trinajstić information content (AvgIpc) is 2.54. The van der Waals surface area contributed by atoms with Crippen molar-refractivity contribution >= 4 is 11.9 Å². The van der Waals surface area contributed by atoms with Gasteiger partial charge in [0, 0.05) is 6.42 Å². The van der Waals surface area contributed by atoms with Crippen molar-refractivity contribution in [1.29, 1.82) is 0 Å². The summed E-state index contributed by atoms with van der Waals surface area (Å²) in [5, 5.41) is 17.2. The van der Waals surface area contributed by atoms with Crippen LogP contribution in [0, 0.1) is 5.92 Å². The molecule has 0 aromatic heterocycles. The van der Waals surface area contributed by atoms with Crippen molar-refractivity contribution in [2.24, 2.45) is 5.92 Å². The molecule has 1 unspecified atom stereocenters. The zero-order valence-electron chi connectivity index (χ0n) is 16.2. The van der Waals surface area contributed by atoms with Crippen LogP contribution in [0.4, 0.5) is 0 Å². The van der Waals surface area contributed by atoms with Gasteiger partial charge < -0.3 is 10.2 Å². The molecule has 0 aliphatic carbocycles. The third kappa shape index (κ3) is 20.9. The first-order valence-corrected chi connectivity index (χ1v) is 9.94. The number of hydrogen-bond donors (Lipinski definition) is 2. The highest BCUT2D eigenvalue weighted by Gasteiger charge is 2.15. The molecule has 0 spiro atoms. The van der Waals surface area contributed by atoms with Gasteiger partial charge in [0.05, 0.1) is 5.92 Å². The Morgan fingerprint density at radius 2 is 1.12 bits per heavy atom. The Bertz CT molecular complexity index is 289. The lowest BCUT2D eigenvalue weighted by Gasteiger charge is -2.10. The van der Waals surface area contributed by atoms with E-state index >= 15 is 0 Å². The van der Waals surface area contributed by atoms with Gasteiger partial charge in [0.15, 0.2) is 0 Å². The van der Waals surface area contributed by atoms with Gasteiger partial charge in [-0.25, -0.2) is 0 Å². The number of carbonyl (C=O) groups is 2. The van der Waals surface area contributed by atoms with E-state index in [0.717, 1.165) is 44.9 Å². The van der Waals surface area contributed by atoms with Crippen LogP contribution in [0.3, 0.4) is 0 Å². The van der Waals surface area contributed by atoms with Gasteiger partial charge in [-0.05, 0) is 19.3 Å². The first-order chi connectivity index (χ1) is 11.5. The molecule has 1 atom stereocenters. The van der Waals surface area contributed by atoms with Gasteiger partial charge in [-0.15, -0.1) is 0 Å². The highest BCUT2D eigenvalue weighted by molar-refractivity contribution is 5.69. The molecule has 0 aliphatic rings. The molecular formula is C20H40O4. The third-order valence-corrected chi connectivity index (χ3v) is 4.16. The van der Waals surface area contributed by atoms with Crippen molar-refractivity contribution in [3.8, 4) is 0 Å². The second-order valence-electron chi connectivity index (χ2n) is 6.58. The largest absolute Gasteiger partial charge is 0.481 e. The van der Waals surface area contributed by atoms with Crippen LogP contribution in [-0.4, -0.2) is 22.2 Å². The second-order valence-corrected chi connectivity index (χ2v) is 6.58. The normalized spacial score (nSPS) is 11.5. The van der Waals surface area contributed by atoms with Gasteiger partial charge in [0.2, 0.25) is 0 Å². The van der Waals surface area contributed by atoms with Crippen LogP contribution in [0.15, 0.2) is 0 Å². The molecule has 0 rings (SSSR count). The quantitative estimate of drug-likeness (QED) is 0.343. The highest BCUT2D eigenvalue weighted by Crippen LogP contribution is 2.17. The number of unbranched alkanes of at least 4 members (excludes halogenated alkanes) is 8. The van der Waals surface area contributed by atoms with E-state index in [0.29, 0.717) is 6.42 Å². The fourth-order valence-electron chi connectivity index (χ4n) is 2.54. The Kier molecular flexibility index (Phi) is 21.0. The van der Waals surface area contributed by atoms with E-state index in [2.05, 4.69) is 20.8 Å². The van der Waals surface area contributed by atoms with Crippen LogP contribution in [0.25, 0.3) is 0 Å². The SMILES string of the molecule is CCCCCCC(CCCC)C(=O)O.CCCCCCCC(=O)O. The van der Waals surface area contributed by atoms with Gasteiger partial charge in [-0.3, -0.25) is 9.59 Å². The van der Waals surface area contributed by atoms with Crippen LogP contribution < -0.4 is 0 Å². The lowest BCUT2D eigenvalue weighted by molar-refractivity contribution is -0.142. The molecule has 0 radical (unpaired) electrons. The van der Waals surface area contributed by atoms with Crippen molar-refractivity contribution in [3.05, 3.63) is 0 Å². The average molecular weight is 345 g/mol. The smallest absolute Gasteiger partial charge is 0.306 e. The molecule has 0 saturated heterocycles. The predicted octanol–water partition coefficient (Wildman–Crippen LogP) is 6.28. The topological polar surface area (TPSA) is 74.6 Å². The highest BCUT2D eigenvalue weighted by atomic mass is 16.4. The van der Waals surface area contributed by atoms with Crippen molar-refractivity contribution in [2.75, 3.05) is 0 Å². The summed E-state index contributed by atoms with van der Waals surface area (Å²) >= 11 is 0. The molecule has 0 amide bonds. The Morgan fingerprint density at radius 3 is 1.58 bits per heavy atom. The molecule has 0 fully saturated rings. The fraction of sp³-hybridized carbons (Fsp3) is 0.900. The molecule has 0 bridgehead atoms. The monoisotopic (exact) mass is 344 g/mol. The summed E-state index contributed by atoms with van der Waals surface area (Å²) in [5.41, 5.74) is 0. The van der Waals surface area contributed by atoms with Gasteiger partial charge >= 0.3 is 11.9 Å². The van der Waals surface area contributed by atoms with Crippen LogP contribution in [0.5, 0.6) is 0 Å². The number of rotatable bonds is 15. The molecule has 0 aromatic carbocycles. The molecule has 24 heavy (non-hydrogen) atoms. The molecule has 0 aromatic rings. The summed E-state index contributed by atoms with van der Waals surface area (Å²) < 4.78 is 0. The van der Waals surface area contributed by atoms with Gasteiger partial charge in [-0.2, -0.15) is 0 Å². The van der Waals surface area contributed by atoms with Crippen molar-refractivity contribution in [1.82, 2.24) is 0 Å². The first kappa shape index (κ1) is 25.2. The molecule has 4 heteroatoms. The molecule has 0 aliphatic heterocycles. The summed E-state index contributed by atoms with van der Waals surface area (Å²) in [6.45, 7) is 6.43. The summed E-state index contributed by atoms with van der Waals surface area (Å²) in [5.74, 6) is -1.36. The second kappa shape index (κ2) is 20.0. The van der Waals surface area contributed by atoms with Crippen LogP contribution in [-0.2, 0) is 9.59 Å². The maximum atomic E-state index is 10.9. The van der Waals surface area contributed by atoms with E-state index in [-0.39, 0.29) is 5.92 Å². The molecular weight excluding hydrogens is 304 g/mol. The van der Waals surface area contributed by atoms with E-state index in [4.69, 9.17) is 10.2 Å². The Hall–Kier alpha value is -1.06. The van der Waals surface area contributed by atoms with Crippen LogP contribution in [0.2, 0.25) is 0 Å².